The molecule has 0 bridgehead atoms. The second-order valence-electron chi connectivity index (χ2n) is 4.18. The fourth-order valence-electron chi connectivity index (χ4n) is 1.69. The monoisotopic (exact) mass is 292 g/mol. The van der Waals surface area contributed by atoms with Crippen LogP contribution in [-0.2, 0) is 4.74 Å². The van der Waals surface area contributed by atoms with Gasteiger partial charge in [-0.05, 0) is 29.8 Å². The summed E-state index contributed by atoms with van der Waals surface area (Å²) in [5.41, 5.74) is -0.00656. The zero-order chi connectivity index (χ0) is 14.0. The van der Waals surface area contributed by atoms with Gasteiger partial charge in [0.15, 0.2) is 0 Å². The Bertz CT molecular complexity index is 450. The average molecular weight is 292 g/mol. The third-order valence-electron chi connectivity index (χ3n) is 2.80. The normalized spacial score (nSPS) is 29.4. The molecule has 1 saturated heterocycles. The number of ether oxygens (including phenoxy) is 2. The molecule has 104 valence electrons. The summed E-state index contributed by atoms with van der Waals surface area (Å²) in [6.45, 7) is -0.167. The maximum atomic E-state index is 10.6. The molecule has 2 rings (SSSR count). The van der Waals surface area contributed by atoms with Gasteiger partial charge in [0, 0.05) is 0 Å². The number of carbonyl (C=O) groups excluding carboxylic acids is 1. The minimum Gasteiger partial charge on any atom is -0.545 e. The Morgan fingerprint density at radius 3 is 2.35 bits per heavy atom. The van der Waals surface area contributed by atoms with Crippen LogP contribution >= 0.6 is 0 Å². The topological polar surface area (TPSA) is 119 Å². The third-order valence-corrected chi connectivity index (χ3v) is 2.80. The van der Waals surface area contributed by atoms with Crippen LogP contribution in [0.15, 0.2) is 24.3 Å². The molecule has 0 saturated carbocycles. The van der Waals surface area contributed by atoms with Crippen molar-refractivity contribution in [2.24, 2.45) is 0 Å². The van der Waals surface area contributed by atoms with Gasteiger partial charge in [-0.3, -0.25) is 0 Å². The van der Waals surface area contributed by atoms with Crippen molar-refractivity contribution in [3.05, 3.63) is 29.8 Å². The van der Waals surface area contributed by atoms with E-state index in [0.717, 1.165) is 0 Å². The Labute approximate surface area is 137 Å². The fraction of sp³-hybridized carbons (Fsp3) is 0.417. The van der Waals surface area contributed by atoms with Gasteiger partial charge in [0.25, 0.3) is 0 Å². The Hall–Kier alpha value is -0.670. The first-order valence-corrected chi connectivity index (χ1v) is 5.63. The number of aliphatic hydroxyl groups is 3. The molecule has 7 nitrogen and oxygen atoms in total. The summed E-state index contributed by atoms with van der Waals surface area (Å²) < 4.78 is 10.3. The van der Waals surface area contributed by atoms with Gasteiger partial charge in [0.1, 0.15) is 24.1 Å². The summed E-state index contributed by atoms with van der Waals surface area (Å²) >= 11 is 0. The van der Waals surface area contributed by atoms with Crippen molar-refractivity contribution in [3.8, 4) is 5.75 Å². The standard InChI is InChI=1S/C12H14O7.Na/c13-8-5-18-12(10(15)9(8)14)19-7-3-1-6(2-4-7)11(16)17;/h1-4,8-10,12-15H,5H2,(H,16,17);/q;+1/p-1/t8-,9+,10-,12-;/m1./s1. The van der Waals surface area contributed by atoms with E-state index in [1.807, 2.05) is 0 Å². The van der Waals surface area contributed by atoms with E-state index in [-0.39, 0.29) is 47.5 Å². The summed E-state index contributed by atoms with van der Waals surface area (Å²) in [6.07, 6.45) is -5.06. The molecular formula is C12H13NaO7. The number of carboxylic acids is 1. The van der Waals surface area contributed by atoms with Crippen molar-refractivity contribution < 1.29 is 64.3 Å². The van der Waals surface area contributed by atoms with Crippen LogP contribution in [0.5, 0.6) is 5.75 Å². The second-order valence-corrected chi connectivity index (χ2v) is 4.18. The molecule has 0 spiro atoms. The average Bonchev–Trinajstić information content (AvgIpc) is 2.40. The molecule has 1 aromatic rings. The van der Waals surface area contributed by atoms with Crippen molar-refractivity contribution in [1.82, 2.24) is 0 Å². The van der Waals surface area contributed by atoms with Crippen molar-refractivity contribution in [1.29, 1.82) is 0 Å². The van der Waals surface area contributed by atoms with Crippen LogP contribution in [0.1, 0.15) is 10.4 Å². The van der Waals surface area contributed by atoms with Crippen LogP contribution < -0.4 is 39.4 Å². The molecule has 8 heteroatoms. The van der Waals surface area contributed by atoms with Gasteiger partial charge >= 0.3 is 29.6 Å². The molecule has 4 atom stereocenters. The molecule has 0 aromatic heterocycles. The van der Waals surface area contributed by atoms with E-state index in [1.165, 1.54) is 24.3 Å². The summed E-state index contributed by atoms with van der Waals surface area (Å²) in [7, 11) is 0. The number of benzene rings is 1. The quantitative estimate of drug-likeness (QED) is 0.477. The fourth-order valence-corrected chi connectivity index (χ4v) is 1.69. The number of carboxylic acid groups (broad SMARTS) is 1. The van der Waals surface area contributed by atoms with Crippen LogP contribution in [0, 0.1) is 0 Å². The first-order chi connectivity index (χ1) is 8.99. The number of aliphatic hydroxyl groups excluding tert-OH is 3. The molecule has 1 aliphatic heterocycles. The molecular weight excluding hydrogens is 279 g/mol. The summed E-state index contributed by atoms with van der Waals surface area (Å²) in [5, 5.41) is 38.9. The Balaban J connectivity index is 0.00000200. The van der Waals surface area contributed by atoms with E-state index in [2.05, 4.69) is 0 Å². The molecule has 1 aromatic carbocycles. The molecule has 1 aliphatic rings. The minimum absolute atomic E-state index is 0. The molecule has 3 N–H and O–H groups in total. The number of carbonyl (C=O) groups is 1. The van der Waals surface area contributed by atoms with Crippen molar-refractivity contribution in [2.45, 2.75) is 24.6 Å². The van der Waals surface area contributed by atoms with Crippen molar-refractivity contribution >= 4 is 5.97 Å². The molecule has 20 heavy (non-hydrogen) atoms. The SMILES string of the molecule is O=C([O-])c1ccc(O[C@H]2OC[C@@H](O)[C@H](O)[C@H]2O)cc1.[Na+]. The molecule has 1 heterocycles. The number of hydrogen-bond donors (Lipinski definition) is 3. The zero-order valence-corrected chi connectivity index (χ0v) is 12.8. The van der Waals surface area contributed by atoms with E-state index in [1.54, 1.807) is 0 Å². The molecule has 0 radical (unpaired) electrons. The van der Waals surface area contributed by atoms with Crippen LogP contribution in [0.3, 0.4) is 0 Å². The Kier molecular flexibility index (Phi) is 6.41. The van der Waals surface area contributed by atoms with E-state index >= 15 is 0 Å². The minimum atomic E-state index is -1.40. The Morgan fingerprint density at radius 2 is 1.80 bits per heavy atom. The number of hydrogen-bond acceptors (Lipinski definition) is 7. The van der Waals surface area contributed by atoms with Crippen LogP contribution in [0.25, 0.3) is 0 Å². The molecule has 0 unspecified atom stereocenters. The summed E-state index contributed by atoms with van der Waals surface area (Å²) in [6, 6.07) is 5.31. The largest absolute Gasteiger partial charge is 1.00 e. The summed E-state index contributed by atoms with van der Waals surface area (Å²) in [4.78, 5) is 10.6. The maximum absolute atomic E-state index is 10.6. The van der Waals surface area contributed by atoms with Crippen molar-refractivity contribution in [3.63, 3.8) is 0 Å². The second kappa shape index (κ2) is 7.37. The first-order valence-electron chi connectivity index (χ1n) is 5.63. The van der Waals surface area contributed by atoms with Gasteiger partial charge in [-0.2, -0.15) is 0 Å². The first kappa shape index (κ1) is 17.4. The van der Waals surface area contributed by atoms with Gasteiger partial charge < -0.3 is 34.7 Å². The summed E-state index contributed by atoms with van der Waals surface area (Å²) in [5.74, 6) is -1.04. The van der Waals surface area contributed by atoms with Gasteiger partial charge in [0.05, 0.1) is 12.6 Å². The third kappa shape index (κ3) is 3.92. The Morgan fingerprint density at radius 1 is 1.20 bits per heavy atom. The smallest absolute Gasteiger partial charge is 0.545 e. The maximum Gasteiger partial charge on any atom is 1.00 e. The van der Waals surface area contributed by atoms with E-state index < -0.39 is 30.6 Å². The van der Waals surface area contributed by atoms with Crippen molar-refractivity contribution in [2.75, 3.05) is 6.61 Å². The molecule has 0 aliphatic carbocycles. The van der Waals surface area contributed by atoms with Gasteiger partial charge in [-0.1, -0.05) is 0 Å². The van der Waals surface area contributed by atoms with Crippen LogP contribution in [0.2, 0.25) is 0 Å². The van der Waals surface area contributed by atoms with Gasteiger partial charge in [-0.25, -0.2) is 0 Å². The van der Waals surface area contributed by atoms with E-state index in [4.69, 9.17) is 9.47 Å². The van der Waals surface area contributed by atoms with Gasteiger partial charge in [-0.15, -0.1) is 0 Å². The van der Waals surface area contributed by atoms with E-state index in [9.17, 15) is 25.2 Å². The predicted molar refractivity (Wildman–Crippen MR) is 59.2 cm³/mol. The molecule has 1 fully saturated rings. The predicted octanol–water partition coefficient (Wildman–Crippen LogP) is -5.13. The van der Waals surface area contributed by atoms with Crippen LogP contribution in [-0.4, -0.2) is 52.5 Å². The number of rotatable bonds is 3. The van der Waals surface area contributed by atoms with Gasteiger partial charge in [0.2, 0.25) is 6.29 Å². The van der Waals surface area contributed by atoms with Crippen LogP contribution in [0.4, 0.5) is 0 Å². The van der Waals surface area contributed by atoms with E-state index in [0.29, 0.717) is 0 Å². The zero-order valence-electron chi connectivity index (χ0n) is 10.8. The molecule has 0 amide bonds. The number of aromatic carboxylic acids is 1.